The maximum atomic E-state index is 4.96. The van der Waals surface area contributed by atoms with E-state index in [0.717, 1.165) is 5.82 Å². The lowest BCUT2D eigenvalue weighted by molar-refractivity contribution is 0.346. The standard InChI is InChI=1S/C7H14N4O/c1-8-4-7-9-6(10-12-7)5-11(2)3/h8H,4-5H2,1-3H3. The van der Waals surface area contributed by atoms with Crippen LogP contribution in [0.25, 0.3) is 0 Å². The monoisotopic (exact) mass is 170 g/mol. The first-order chi connectivity index (χ1) is 5.72. The molecule has 5 nitrogen and oxygen atoms in total. The minimum atomic E-state index is 0.625. The van der Waals surface area contributed by atoms with Crippen LogP contribution in [0.3, 0.4) is 0 Å². The predicted molar refractivity (Wildman–Crippen MR) is 44.5 cm³/mol. The van der Waals surface area contributed by atoms with Gasteiger partial charge < -0.3 is 14.7 Å². The Morgan fingerprint density at radius 2 is 2.25 bits per heavy atom. The van der Waals surface area contributed by atoms with Crippen LogP contribution in [0.2, 0.25) is 0 Å². The van der Waals surface area contributed by atoms with Gasteiger partial charge in [0.15, 0.2) is 5.82 Å². The van der Waals surface area contributed by atoms with Crippen LogP contribution in [0.1, 0.15) is 11.7 Å². The van der Waals surface area contributed by atoms with Gasteiger partial charge in [-0.05, 0) is 21.1 Å². The van der Waals surface area contributed by atoms with Crippen LogP contribution in [0.15, 0.2) is 4.52 Å². The third-order valence-corrected chi connectivity index (χ3v) is 1.30. The van der Waals surface area contributed by atoms with Crippen molar-refractivity contribution in [3.05, 3.63) is 11.7 Å². The Balaban J connectivity index is 2.52. The normalized spacial score (nSPS) is 11.0. The quantitative estimate of drug-likeness (QED) is 0.681. The second-order valence-electron chi connectivity index (χ2n) is 2.87. The highest BCUT2D eigenvalue weighted by atomic mass is 16.5. The summed E-state index contributed by atoms with van der Waals surface area (Å²) >= 11 is 0. The highest BCUT2D eigenvalue weighted by molar-refractivity contribution is 4.84. The smallest absolute Gasteiger partial charge is 0.240 e. The van der Waals surface area contributed by atoms with E-state index in [1.807, 2.05) is 26.0 Å². The van der Waals surface area contributed by atoms with Crippen molar-refractivity contribution in [2.75, 3.05) is 21.1 Å². The van der Waals surface area contributed by atoms with Crippen molar-refractivity contribution in [2.24, 2.45) is 0 Å². The van der Waals surface area contributed by atoms with Crippen molar-refractivity contribution in [1.82, 2.24) is 20.4 Å². The van der Waals surface area contributed by atoms with E-state index in [4.69, 9.17) is 4.52 Å². The van der Waals surface area contributed by atoms with Gasteiger partial charge in [0.05, 0.1) is 13.1 Å². The average Bonchev–Trinajstić information content (AvgIpc) is 2.36. The molecule has 0 aliphatic heterocycles. The van der Waals surface area contributed by atoms with Crippen molar-refractivity contribution in [3.8, 4) is 0 Å². The fourth-order valence-electron chi connectivity index (χ4n) is 0.860. The lowest BCUT2D eigenvalue weighted by Crippen LogP contribution is -2.12. The zero-order chi connectivity index (χ0) is 8.97. The van der Waals surface area contributed by atoms with Gasteiger partial charge in [0.1, 0.15) is 0 Å². The van der Waals surface area contributed by atoms with Gasteiger partial charge in [-0.3, -0.25) is 0 Å². The van der Waals surface area contributed by atoms with Crippen LogP contribution in [0, 0.1) is 0 Å². The summed E-state index contributed by atoms with van der Waals surface area (Å²) in [7, 11) is 5.78. The van der Waals surface area contributed by atoms with E-state index in [2.05, 4.69) is 15.5 Å². The summed E-state index contributed by atoms with van der Waals surface area (Å²) < 4.78 is 4.96. The first-order valence-corrected chi connectivity index (χ1v) is 3.83. The summed E-state index contributed by atoms with van der Waals surface area (Å²) in [6.07, 6.45) is 0. The van der Waals surface area contributed by atoms with Crippen molar-refractivity contribution >= 4 is 0 Å². The lowest BCUT2D eigenvalue weighted by Gasteiger charge is -2.03. The molecule has 0 radical (unpaired) electrons. The maximum absolute atomic E-state index is 4.96. The number of nitrogens with zero attached hydrogens (tertiary/aromatic N) is 3. The minimum absolute atomic E-state index is 0.625. The molecule has 1 heterocycles. The summed E-state index contributed by atoms with van der Waals surface area (Å²) in [4.78, 5) is 6.15. The third-order valence-electron chi connectivity index (χ3n) is 1.30. The van der Waals surface area contributed by atoms with Gasteiger partial charge >= 0.3 is 0 Å². The molecule has 1 N–H and O–H groups in total. The lowest BCUT2D eigenvalue weighted by atomic mass is 10.5. The zero-order valence-corrected chi connectivity index (χ0v) is 7.66. The molecule has 0 amide bonds. The van der Waals surface area contributed by atoms with Gasteiger partial charge in [-0.1, -0.05) is 5.16 Å². The molecule has 0 saturated heterocycles. The second-order valence-corrected chi connectivity index (χ2v) is 2.87. The molecule has 0 atom stereocenters. The molecule has 0 fully saturated rings. The highest BCUT2D eigenvalue weighted by Gasteiger charge is 2.04. The topological polar surface area (TPSA) is 54.2 Å². The SMILES string of the molecule is CNCc1nc(CN(C)C)no1. The average molecular weight is 170 g/mol. The van der Waals surface area contributed by atoms with Crippen LogP contribution in [-0.2, 0) is 13.1 Å². The fraction of sp³-hybridized carbons (Fsp3) is 0.714. The summed E-state index contributed by atoms with van der Waals surface area (Å²) in [5.41, 5.74) is 0. The number of nitrogens with one attached hydrogen (secondary N) is 1. The van der Waals surface area contributed by atoms with Crippen molar-refractivity contribution in [2.45, 2.75) is 13.1 Å². The molecular weight excluding hydrogens is 156 g/mol. The van der Waals surface area contributed by atoms with E-state index in [-0.39, 0.29) is 0 Å². The zero-order valence-electron chi connectivity index (χ0n) is 7.66. The van der Waals surface area contributed by atoms with Crippen molar-refractivity contribution in [3.63, 3.8) is 0 Å². The summed E-state index contributed by atoms with van der Waals surface area (Å²) in [6.45, 7) is 1.34. The molecule has 0 saturated carbocycles. The Morgan fingerprint density at radius 1 is 1.50 bits per heavy atom. The largest absolute Gasteiger partial charge is 0.338 e. The number of rotatable bonds is 4. The Bertz CT molecular complexity index is 233. The molecule has 1 aromatic rings. The first-order valence-electron chi connectivity index (χ1n) is 3.83. The molecule has 0 aliphatic carbocycles. The Labute approximate surface area is 71.8 Å². The predicted octanol–water partition coefficient (Wildman–Crippen LogP) is -0.149. The fourth-order valence-corrected chi connectivity index (χ4v) is 0.860. The summed E-state index contributed by atoms with van der Waals surface area (Å²) in [6, 6.07) is 0. The molecule has 1 rings (SSSR count). The van der Waals surface area contributed by atoms with E-state index in [1.54, 1.807) is 0 Å². The molecule has 0 aliphatic rings. The van der Waals surface area contributed by atoms with Crippen LogP contribution in [0.4, 0.5) is 0 Å². The molecular formula is C7H14N4O. The van der Waals surface area contributed by atoms with Gasteiger partial charge in [-0.15, -0.1) is 0 Å². The Kier molecular flexibility index (Phi) is 3.19. The summed E-state index contributed by atoms with van der Waals surface area (Å²) in [5, 5.41) is 6.75. The molecule has 5 heteroatoms. The summed E-state index contributed by atoms with van der Waals surface area (Å²) in [5.74, 6) is 1.36. The van der Waals surface area contributed by atoms with Crippen molar-refractivity contribution in [1.29, 1.82) is 0 Å². The van der Waals surface area contributed by atoms with Crippen molar-refractivity contribution < 1.29 is 4.52 Å². The number of aromatic nitrogens is 2. The molecule has 1 aromatic heterocycles. The van der Waals surface area contributed by atoms with Crippen LogP contribution in [0.5, 0.6) is 0 Å². The molecule has 0 spiro atoms. The molecule has 0 unspecified atom stereocenters. The first kappa shape index (κ1) is 9.15. The number of hydrogen-bond acceptors (Lipinski definition) is 5. The minimum Gasteiger partial charge on any atom is -0.338 e. The Morgan fingerprint density at radius 3 is 2.83 bits per heavy atom. The third kappa shape index (κ3) is 2.60. The molecule has 68 valence electrons. The van der Waals surface area contributed by atoms with Crippen LogP contribution in [-0.4, -0.2) is 36.2 Å². The second kappa shape index (κ2) is 4.18. The Hall–Kier alpha value is -0.940. The van der Waals surface area contributed by atoms with Gasteiger partial charge in [0.2, 0.25) is 5.89 Å². The van der Waals surface area contributed by atoms with Gasteiger partial charge in [0, 0.05) is 0 Å². The van der Waals surface area contributed by atoms with E-state index in [9.17, 15) is 0 Å². The van der Waals surface area contributed by atoms with Gasteiger partial charge in [-0.2, -0.15) is 4.98 Å². The van der Waals surface area contributed by atoms with E-state index in [1.165, 1.54) is 0 Å². The number of hydrogen-bond donors (Lipinski definition) is 1. The van der Waals surface area contributed by atoms with E-state index >= 15 is 0 Å². The molecule has 0 bridgehead atoms. The molecule has 0 aromatic carbocycles. The van der Waals surface area contributed by atoms with E-state index in [0.29, 0.717) is 19.0 Å². The van der Waals surface area contributed by atoms with Gasteiger partial charge in [-0.25, -0.2) is 0 Å². The highest BCUT2D eigenvalue weighted by Crippen LogP contribution is 1.98. The van der Waals surface area contributed by atoms with Crippen LogP contribution >= 0.6 is 0 Å². The van der Waals surface area contributed by atoms with E-state index < -0.39 is 0 Å². The molecule has 12 heavy (non-hydrogen) atoms. The van der Waals surface area contributed by atoms with Crippen LogP contribution < -0.4 is 5.32 Å². The van der Waals surface area contributed by atoms with Gasteiger partial charge in [0.25, 0.3) is 0 Å². The maximum Gasteiger partial charge on any atom is 0.240 e.